The molecule has 2 bridgehead atoms. The van der Waals surface area contributed by atoms with Crippen LogP contribution in [0.3, 0.4) is 0 Å². The van der Waals surface area contributed by atoms with E-state index in [1.54, 1.807) is 6.08 Å². The van der Waals surface area contributed by atoms with E-state index in [4.69, 9.17) is 18.3 Å². The largest absolute Gasteiger partial charge is 0.507 e. The zero-order chi connectivity index (χ0) is 21.6. The number of ether oxygens (including phenoxy) is 1. The molecule has 3 aliphatic heterocycles. The Morgan fingerprint density at radius 2 is 1.66 bits per heavy atom. The number of aromatic hydroxyl groups is 1. The Balaban J connectivity index is 2.35. The van der Waals surface area contributed by atoms with Gasteiger partial charge in [0.25, 0.3) is 0 Å². The molecule has 29 heavy (non-hydrogen) atoms. The zero-order valence-corrected chi connectivity index (χ0v) is 19.2. The third-order valence-corrected chi connectivity index (χ3v) is 6.38. The summed E-state index contributed by atoms with van der Waals surface area (Å²) >= 11 is 0. The van der Waals surface area contributed by atoms with Gasteiger partial charge >= 0.3 is 14.6 Å². The number of carbonyl (C=O) groups excluding carboxylic acids is 1. The molecule has 3 saturated heterocycles. The summed E-state index contributed by atoms with van der Waals surface area (Å²) in [5.41, 5.74) is 2.20. The number of phenolic OH excluding ortho intramolecular Hbond substituents is 1. The van der Waals surface area contributed by atoms with Gasteiger partial charge in [-0.25, -0.2) is 4.79 Å². The van der Waals surface area contributed by atoms with E-state index < -0.39 is 20.0 Å². The van der Waals surface area contributed by atoms with Crippen molar-refractivity contribution in [3.05, 3.63) is 34.4 Å². The number of esters is 1. The van der Waals surface area contributed by atoms with Crippen LogP contribution in [0, 0.1) is 0 Å². The third kappa shape index (κ3) is 4.22. The number of hydrogen-bond donors (Lipinski definition) is 1. The Labute approximate surface area is 174 Å². The van der Waals surface area contributed by atoms with Crippen LogP contribution in [-0.4, -0.2) is 38.0 Å². The van der Waals surface area contributed by atoms with Gasteiger partial charge in [-0.1, -0.05) is 41.5 Å². The number of phenols is 1. The molecule has 6 nitrogen and oxygen atoms in total. The second kappa shape index (κ2) is 7.66. The fourth-order valence-electron chi connectivity index (χ4n) is 3.91. The average molecular weight is 422 g/mol. The average Bonchev–Trinajstić information content (AvgIpc) is 2.65. The van der Waals surface area contributed by atoms with Crippen molar-refractivity contribution >= 4 is 20.6 Å². The summed E-state index contributed by atoms with van der Waals surface area (Å²) in [7, 11) is 0.0706. The van der Waals surface area contributed by atoms with Crippen molar-refractivity contribution in [2.45, 2.75) is 57.8 Å². The maximum atomic E-state index is 11.8. The van der Waals surface area contributed by atoms with Crippen LogP contribution in [0.5, 0.6) is 5.75 Å². The Morgan fingerprint density at radius 3 is 2.10 bits per heavy atom. The van der Waals surface area contributed by atoms with Gasteiger partial charge in [0.05, 0.1) is 32.3 Å². The van der Waals surface area contributed by atoms with Crippen molar-refractivity contribution in [2.24, 2.45) is 0 Å². The summed E-state index contributed by atoms with van der Waals surface area (Å²) < 4.78 is 22.1. The lowest BCUT2D eigenvalue weighted by Gasteiger charge is -2.47. The zero-order valence-electron chi connectivity index (χ0n) is 18.3. The van der Waals surface area contributed by atoms with E-state index in [9.17, 15) is 9.90 Å². The van der Waals surface area contributed by atoms with E-state index in [1.807, 2.05) is 6.07 Å². The minimum absolute atomic E-state index is 0.281. The van der Waals surface area contributed by atoms with Crippen LogP contribution < -0.4 is 0 Å². The molecule has 0 aromatic heterocycles. The van der Waals surface area contributed by atoms with Crippen molar-refractivity contribution in [3.63, 3.8) is 0 Å². The SMILES string of the molecule is COC(=O)/C=C/c1cc(C(C)(C)C)c(O)c(C(C)(C)C)c1C12COP(OC1)OC2. The van der Waals surface area contributed by atoms with Gasteiger partial charge in [-0.3, -0.25) is 0 Å². The summed E-state index contributed by atoms with van der Waals surface area (Å²) in [6, 6.07) is 1.96. The molecule has 7 heteroatoms. The highest BCUT2D eigenvalue weighted by atomic mass is 31.2. The monoisotopic (exact) mass is 422 g/mol. The predicted octanol–water partition coefficient (Wildman–Crippen LogP) is 4.72. The van der Waals surface area contributed by atoms with Crippen LogP contribution in [0.2, 0.25) is 0 Å². The van der Waals surface area contributed by atoms with Crippen LogP contribution in [0.1, 0.15) is 63.8 Å². The van der Waals surface area contributed by atoms with Crippen molar-refractivity contribution in [1.82, 2.24) is 0 Å². The summed E-state index contributed by atoms with van der Waals surface area (Å²) in [6.07, 6.45) is 3.17. The number of hydrogen-bond acceptors (Lipinski definition) is 6. The fourth-order valence-corrected chi connectivity index (χ4v) is 5.19. The molecule has 4 rings (SSSR count). The van der Waals surface area contributed by atoms with E-state index in [-0.39, 0.29) is 16.6 Å². The molecule has 0 unspecified atom stereocenters. The second-order valence-corrected chi connectivity index (χ2v) is 11.0. The van der Waals surface area contributed by atoms with E-state index in [0.717, 1.165) is 22.3 Å². The maximum Gasteiger partial charge on any atom is 0.332 e. The van der Waals surface area contributed by atoms with Crippen LogP contribution in [-0.2, 0) is 39.3 Å². The summed E-state index contributed by atoms with van der Waals surface area (Å²) in [6.45, 7) is 13.8. The number of fused-ring (bicyclic) bond motifs is 3. The van der Waals surface area contributed by atoms with Gasteiger partial charge in [0.15, 0.2) is 0 Å². The fraction of sp³-hybridized carbons (Fsp3) is 0.591. The first kappa shape index (κ1) is 22.2. The molecule has 160 valence electrons. The van der Waals surface area contributed by atoms with Crippen molar-refractivity contribution in [2.75, 3.05) is 26.9 Å². The molecule has 0 radical (unpaired) electrons. The first-order valence-corrected chi connectivity index (χ1v) is 10.8. The summed E-state index contributed by atoms with van der Waals surface area (Å²) in [5.74, 6) is -0.154. The Hall–Kier alpha value is -1.46. The predicted molar refractivity (Wildman–Crippen MR) is 113 cm³/mol. The van der Waals surface area contributed by atoms with Crippen LogP contribution in [0.25, 0.3) is 6.08 Å². The molecule has 3 fully saturated rings. The number of methoxy groups -OCH3 is 1. The molecule has 1 aromatic carbocycles. The molecule has 0 saturated carbocycles. The number of carbonyl (C=O) groups is 1. The lowest BCUT2D eigenvalue weighted by atomic mass is 9.68. The Kier molecular flexibility index (Phi) is 5.87. The molecule has 0 atom stereocenters. The highest BCUT2D eigenvalue weighted by Crippen LogP contribution is 2.57. The minimum Gasteiger partial charge on any atom is -0.507 e. The molecule has 0 spiro atoms. The van der Waals surface area contributed by atoms with Crippen LogP contribution >= 0.6 is 8.60 Å². The molecule has 3 heterocycles. The summed E-state index contributed by atoms with van der Waals surface area (Å²) in [4.78, 5) is 11.8. The smallest absolute Gasteiger partial charge is 0.332 e. The first-order chi connectivity index (χ1) is 13.4. The van der Waals surface area contributed by atoms with Crippen molar-refractivity contribution in [3.8, 4) is 5.75 Å². The standard InChI is InChI=1S/C22H31O6P/c1-20(2,3)15-10-14(8-9-16(23)25-7)17(18(19(15)24)21(4,5)6)22-11-26-29(27-12-22)28-13-22/h8-10,24H,11-13H2,1-7H3/b9-8+. The highest BCUT2D eigenvalue weighted by Gasteiger charge is 2.49. The van der Waals surface area contributed by atoms with Gasteiger partial charge in [-0.2, -0.15) is 0 Å². The highest BCUT2D eigenvalue weighted by molar-refractivity contribution is 7.41. The van der Waals surface area contributed by atoms with Gasteiger partial charge in [0.2, 0.25) is 0 Å². The lowest BCUT2D eigenvalue weighted by Crippen LogP contribution is -2.49. The third-order valence-electron chi connectivity index (χ3n) is 5.36. The van der Waals surface area contributed by atoms with Crippen molar-refractivity contribution < 1.29 is 28.2 Å². The molecule has 0 amide bonds. The van der Waals surface area contributed by atoms with E-state index in [2.05, 4.69) is 41.5 Å². The van der Waals surface area contributed by atoms with Crippen LogP contribution in [0.15, 0.2) is 12.1 Å². The van der Waals surface area contributed by atoms with Gasteiger partial charge in [0.1, 0.15) is 5.75 Å². The summed E-state index contributed by atoms with van der Waals surface area (Å²) in [5, 5.41) is 11.4. The Morgan fingerprint density at radius 1 is 1.10 bits per heavy atom. The molecule has 1 aromatic rings. The quantitative estimate of drug-likeness (QED) is 0.432. The van der Waals surface area contributed by atoms with Gasteiger partial charge in [0, 0.05) is 17.2 Å². The van der Waals surface area contributed by atoms with Gasteiger partial charge in [-0.15, -0.1) is 0 Å². The molecule has 3 aliphatic rings. The normalized spacial score (nSPS) is 24.9. The molecular formula is C22H31O6P. The second-order valence-electron chi connectivity index (χ2n) is 9.79. The molecular weight excluding hydrogens is 391 g/mol. The van der Waals surface area contributed by atoms with E-state index in [1.165, 1.54) is 13.2 Å². The molecule has 0 aliphatic carbocycles. The number of benzene rings is 1. The van der Waals surface area contributed by atoms with E-state index >= 15 is 0 Å². The minimum atomic E-state index is -1.28. The topological polar surface area (TPSA) is 74.2 Å². The van der Waals surface area contributed by atoms with Crippen molar-refractivity contribution in [1.29, 1.82) is 0 Å². The van der Waals surface area contributed by atoms with Gasteiger partial charge in [-0.05, 0) is 34.1 Å². The maximum absolute atomic E-state index is 11.8. The Bertz CT molecular complexity index is 809. The van der Waals surface area contributed by atoms with Gasteiger partial charge < -0.3 is 23.4 Å². The lowest BCUT2D eigenvalue weighted by molar-refractivity contribution is -0.134. The number of rotatable bonds is 3. The molecule has 1 N–H and O–H groups in total. The van der Waals surface area contributed by atoms with Crippen LogP contribution in [0.4, 0.5) is 0 Å². The van der Waals surface area contributed by atoms with E-state index in [0.29, 0.717) is 19.8 Å². The first-order valence-electron chi connectivity index (χ1n) is 9.75.